The smallest absolute Gasteiger partial charge is 0.311 e. The molecule has 1 amide bonds. The molecule has 1 aliphatic heterocycles. The maximum absolute atomic E-state index is 12.4. The molecule has 0 spiro atoms. The summed E-state index contributed by atoms with van der Waals surface area (Å²) in [6.45, 7) is 2.30. The third-order valence-corrected chi connectivity index (χ3v) is 4.66. The summed E-state index contributed by atoms with van der Waals surface area (Å²) < 4.78 is 15.7. The number of ether oxygens (including phenoxy) is 3. The van der Waals surface area contributed by atoms with Crippen LogP contribution in [0.15, 0.2) is 48.5 Å². The molecule has 7 heteroatoms. The Labute approximate surface area is 169 Å². The first-order valence-corrected chi connectivity index (χ1v) is 9.39. The second-order valence-corrected chi connectivity index (χ2v) is 6.60. The van der Waals surface area contributed by atoms with E-state index >= 15 is 0 Å². The zero-order valence-corrected chi connectivity index (χ0v) is 16.4. The molecule has 0 radical (unpaired) electrons. The molecule has 7 nitrogen and oxygen atoms in total. The number of ketones is 1. The molecule has 2 aromatic carbocycles. The van der Waals surface area contributed by atoms with Crippen LogP contribution in [0.2, 0.25) is 0 Å². The van der Waals surface area contributed by atoms with Crippen molar-refractivity contribution >= 4 is 23.3 Å². The summed E-state index contributed by atoms with van der Waals surface area (Å²) in [6.07, 6.45) is 0.0550. The van der Waals surface area contributed by atoms with E-state index in [2.05, 4.69) is 0 Å². The first-order chi connectivity index (χ1) is 14.0. The van der Waals surface area contributed by atoms with Crippen molar-refractivity contribution in [2.24, 2.45) is 5.92 Å². The van der Waals surface area contributed by atoms with E-state index in [0.717, 1.165) is 5.75 Å². The van der Waals surface area contributed by atoms with Crippen molar-refractivity contribution in [3.8, 4) is 11.5 Å². The Bertz CT molecular complexity index is 892. The normalized spacial score (nSPS) is 15.9. The van der Waals surface area contributed by atoms with Crippen LogP contribution in [0.5, 0.6) is 11.5 Å². The van der Waals surface area contributed by atoms with E-state index in [9.17, 15) is 14.4 Å². The molecule has 1 fully saturated rings. The highest BCUT2D eigenvalue weighted by atomic mass is 16.5. The summed E-state index contributed by atoms with van der Waals surface area (Å²) in [5, 5.41) is 0. The maximum atomic E-state index is 12.4. The average Bonchev–Trinajstić information content (AvgIpc) is 3.14. The molecule has 0 N–H and O–H groups in total. The highest BCUT2D eigenvalue weighted by molar-refractivity contribution is 6.01. The molecule has 1 heterocycles. The van der Waals surface area contributed by atoms with E-state index in [1.165, 1.54) is 7.11 Å². The Morgan fingerprint density at radius 2 is 1.86 bits per heavy atom. The molecule has 0 saturated carbocycles. The van der Waals surface area contributed by atoms with Crippen molar-refractivity contribution < 1.29 is 28.6 Å². The summed E-state index contributed by atoms with van der Waals surface area (Å²) in [5.74, 6) is -0.375. The van der Waals surface area contributed by atoms with Crippen molar-refractivity contribution in [3.05, 3.63) is 54.1 Å². The van der Waals surface area contributed by atoms with Gasteiger partial charge in [0.15, 0.2) is 12.4 Å². The zero-order chi connectivity index (χ0) is 20.8. The summed E-state index contributed by atoms with van der Waals surface area (Å²) >= 11 is 0. The number of benzene rings is 2. The SMILES string of the molecule is CCOc1ccc(N2C[C@H](C(=O)OCC(=O)c3cccc(OC)c3)CC2=O)cc1. The highest BCUT2D eigenvalue weighted by Gasteiger charge is 2.36. The second-order valence-electron chi connectivity index (χ2n) is 6.60. The van der Waals surface area contributed by atoms with Gasteiger partial charge in [0.05, 0.1) is 19.6 Å². The van der Waals surface area contributed by atoms with Gasteiger partial charge in [-0.15, -0.1) is 0 Å². The zero-order valence-electron chi connectivity index (χ0n) is 16.4. The number of methoxy groups -OCH3 is 1. The van der Waals surface area contributed by atoms with E-state index in [-0.39, 0.29) is 31.3 Å². The lowest BCUT2D eigenvalue weighted by atomic mass is 10.1. The molecule has 1 atom stereocenters. The van der Waals surface area contributed by atoms with E-state index in [4.69, 9.17) is 14.2 Å². The summed E-state index contributed by atoms with van der Waals surface area (Å²) in [6, 6.07) is 13.8. The topological polar surface area (TPSA) is 82.1 Å². The van der Waals surface area contributed by atoms with Crippen LogP contribution in [0.25, 0.3) is 0 Å². The Hall–Kier alpha value is -3.35. The minimum absolute atomic E-state index is 0.0550. The van der Waals surface area contributed by atoms with Gasteiger partial charge in [0.25, 0.3) is 0 Å². The third-order valence-electron chi connectivity index (χ3n) is 4.66. The number of anilines is 1. The molecule has 0 aliphatic carbocycles. The van der Waals surface area contributed by atoms with Crippen molar-refractivity contribution in [3.63, 3.8) is 0 Å². The van der Waals surface area contributed by atoms with Crippen LogP contribution < -0.4 is 14.4 Å². The van der Waals surface area contributed by atoms with Crippen molar-refractivity contribution in [1.82, 2.24) is 0 Å². The van der Waals surface area contributed by atoms with Gasteiger partial charge in [0.2, 0.25) is 5.91 Å². The summed E-state index contributed by atoms with van der Waals surface area (Å²) in [7, 11) is 1.51. The number of amides is 1. The third kappa shape index (κ3) is 4.93. The first kappa shape index (κ1) is 20.4. The lowest BCUT2D eigenvalue weighted by molar-refractivity contribution is -0.147. The molecular weight excluding hydrogens is 374 g/mol. The number of hydrogen-bond donors (Lipinski definition) is 0. The lowest BCUT2D eigenvalue weighted by Crippen LogP contribution is -2.27. The molecule has 0 unspecified atom stereocenters. The second kappa shape index (κ2) is 9.23. The van der Waals surface area contributed by atoms with E-state index < -0.39 is 11.9 Å². The molecule has 152 valence electrons. The minimum atomic E-state index is -0.604. The number of Topliss-reactive ketones (excluding diaryl/α,β-unsaturated/α-hetero) is 1. The highest BCUT2D eigenvalue weighted by Crippen LogP contribution is 2.27. The van der Waals surface area contributed by atoms with Crippen LogP contribution in [0, 0.1) is 5.92 Å². The van der Waals surface area contributed by atoms with Crippen LogP contribution in [-0.4, -0.2) is 44.5 Å². The molecule has 0 aromatic heterocycles. The summed E-state index contributed by atoms with van der Waals surface area (Å²) in [4.78, 5) is 38.5. The molecule has 2 aromatic rings. The van der Waals surface area contributed by atoms with Crippen molar-refractivity contribution in [1.29, 1.82) is 0 Å². The first-order valence-electron chi connectivity index (χ1n) is 9.39. The fourth-order valence-electron chi connectivity index (χ4n) is 3.14. The fourth-order valence-corrected chi connectivity index (χ4v) is 3.14. The largest absolute Gasteiger partial charge is 0.497 e. The van der Waals surface area contributed by atoms with E-state index in [0.29, 0.717) is 23.6 Å². The number of carbonyl (C=O) groups excluding carboxylic acids is 3. The molecule has 3 rings (SSSR count). The van der Waals surface area contributed by atoms with Gasteiger partial charge in [-0.05, 0) is 43.3 Å². The number of rotatable bonds is 8. The van der Waals surface area contributed by atoms with Gasteiger partial charge in [-0.2, -0.15) is 0 Å². The quantitative estimate of drug-likeness (QED) is 0.503. The molecule has 0 bridgehead atoms. The average molecular weight is 397 g/mol. The van der Waals surface area contributed by atoms with Gasteiger partial charge in [0.1, 0.15) is 11.5 Å². The van der Waals surface area contributed by atoms with Gasteiger partial charge in [-0.25, -0.2) is 0 Å². The minimum Gasteiger partial charge on any atom is -0.497 e. The van der Waals surface area contributed by atoms with E-state index in [1.54, 1.807) is 53.4 Å². The number of carbonyl (C=O) groups is 3. The molecule has 29 heavy (non-hydrogen) atoms. The number of nitrogens with zero attached hydrogens (tertiary/aromatic N) is 1. The standard InChI is InChI=1S/C22H23NO6/c1-3-28-18-9-7-17(8-10-18)23-13-16(12-21(23)25)22(26)29-14-20(24)15-5-4-6-19(11-15)27-2/h4-11,16H,3,12-14H2,1-2H3/t16-/m1/s1. The number of hydrogen-bond acceptors (Lipinski definition) is 6. The van der Waals surface area contributed by atoms with Gasteiger partial charge in [0, 0.05) is 24.2 Å². The lowest BCUT2D eigenvalue weighted by Gasteiger charge is -2.17. The van der Waals surface area contributed by atoms with Crippen LogP contribution in [0.3, 0.4) is 0 Å². The predicted octanol–water partition coefficient (Wildman–Crippen LogP) is 2.87. The van der Waals surface area contributed by atoms with Crippen LogP contribution in [-0.2, 0) is 14.3 Å². The van der Waals surface area contributed by atoms with Gasteiger partial charge in [-0.1, -0.05) is 12.1 Å². The monoisotopic (exact) mass is 397 g/mol. The van der Waals surface area contributed by atoms with Gasteiger partial charge >= 0.3 is 5.97 Å². The number of esters is 1. The Balaban J connectivity index is 1.56. The van der Waals surface area contributed by atoms with Crippen LogP contribution in [0.1, 0.15) is 23.7 Å². The Kier molecular flexibility index (Phi) is 6.49. The van der Waals surface area contributed by atoms with Gasteiger partial charge in [-0.3, -0.25) is 14.4 Å². The van der Waals surface area contributed by atoms with Crippen molar-refractivity contribution in [2.75, 3.05) is 31.8 Å². The van der Waals surface area contributed by atoms with Gasteiger partial charge < -0.3 is 19.1 Å². The van der Waals surface area contributed by atoms with Crippen LogP contribution in [0.4, 0.5) is 5.69 Å². The molecule has 1 aliphatic rings. The van der Waals surface area contributed by atoms with E-state index in [1.807, 2.05) is 6.92 Å². The Morgan fingerprint density at radius 3 is 2.55 bits per heavy atom. The maximum Gasteiger partial charge on any atom is 0.311 e. The van der Waals surface area contributed by atoms with Crippen molar-refractivity contribution in [2.45, 2.75) is 13.3 Å². The van der Waals surface area contributed by atoms with Crippen LogP contribution >= 0.6 is 0 Å². The Morgan fingerprint density at radius 1 is 1.10 bits per heavy atom. The molecule has 1 saturated heterocycles. The fraction of sp³-hybridized carbons (Fsp3) is 0.318. The predicted molar refractivity (Wildman–Crippen MR) is 106 cm³/mol. The summed E-state index contributed by atoms with van der Waals surface area (Å²) in [5.41, 5.74) is 1.09. The molecular formula is C22H23NO6.